The summed E-state index contributed by atoms with van der Waals surface area (Å²) in [5, 5.41) is 3.84. The fourth-order valence-electron chi connectivity index (χ4n) is 3.13. The summed E-state index contributed by atoms with van der Waals surface area (Å²) in [6.07, 6.45) is 1.85. The van der Waals surface area contributed by atoms with Gasteiger partial charge in [-0.1, -0.05) is 68.6 Å². The SMILES string of the molecule is CCCCNC(=O)[C@H](C)N(Cc1ccc(Cl)cc1Cl)C(=O)COc1ccc(C(C)C)cc1. The van der Waals surface area contributed by atoms with Crippen molar-refractivity contribution in [3.05, 3.63) is 63.6 Å². The molecule has 0 spiro atoms. The molecule has 2 aromatic carbocycles. The zero-order valence-corrected chi connectivity index (χ0v) is 20.7. The van der Waals surface area contributed by atoms with E-state index in [4.69, 9.17) is 27.9 Å². The van der Waals surface area contributed by atoms with Crippen molar-refractivity contribution in [1.29, 1.82) is 0 Å². The van der Waals surface area contributed by atoms with E-state index in [2.05, 4.69) is 26.1 Å². The molecule has 0 radical (unpaired) electrons. The molecule has 2 amide bonds. The third kappa shape index (κ3) is 7.72. The van der Waals surface area contributed by atoms with Gasteiger partial charge in [-0.05, 0) is 54.7 Å². The summed E-state index contributed by atoms with van der Waals surface area (Å²) < 4.78 is 5.72. The predicted molar refractivity (Wildman–Crippen MR) is 130 cm³/mol. The molecule has 5 nitrogen and oxygen atoms in total. The highest BCUT2D eigenvalue weighted by molar-refractivity contribution is 6.35. The molecule has 1 atom stereocenters. The molecular formula is C25H32Cl2N2O3. The Bertz CT molecular complexity index is 901. The Morgan fingerprint density at radius 1 is 1.06 bits per heavy atom. The number of hydrogen-bond donors (Lipinski definition) is 1. The van der Waals surface area contributed by atoms with Gasteiger partial charge in [0.2, 0.25) is 5.91 Å². The Labute approximate surface area is 201 Å². The van der Waals surface area contributed by atoms with Gasteiger partial charge in [-0.2, -0.15) is 0 Å². The van der Waals surface area contributed by atoms with E-state index in [0.29, 0.717) is 33.8 Å². The smallest absolute Gasteiger partial charge is 0.261 e. The second kappa shape index (κ2) is 12.7. The molecule has 0 saturated carbocycles. The van der Waals surface area contributed by atoms with E-state index in [9.17, 15) is 9.59 Å². The lowest BCUT2D eigenvalue weighted by molar-refractivity contribution is -0.142. The second-order valence-corrected chi connectivity index (χ2v) is 8.93. The summed E-state index contributed by atoms with van der Waals surface area (Å²) in [6.45, 7) is 8.56. The third-order valence-electron chi connectivity index (χ3n) is 5.26. The molecule has 0 aliphatic carbocycles. The van der Waals surface area contributed by atoms with E-state index in [1.54, 1.807) is 25.1 Å². The van der Waals surface area contributed by atoms with Crippen molar-refractivity contribution in [3.8, 4) is 5.75 Å². The van der Waals surface area contributed by atoms with Crippen molar-refractivity contribution >= 4 is 35.0 Å². The van der Waals surface area contributed by atoms with Crippen molar-refractivity contribution in [2.24, 2.45) is 0 Å². The van der Waals surface area contributed by atoms with Gasteiger partial charge in [-0.3, -0.25) is 9.59 Å². The maximum Gasteiger partial charge on any atom is 0.261 e. The van der Waals surface area contributed by atoms with E-state index in [0.717, 1.165) is 12.8 Å². The summed E-state index contributed by atoms with van der Waals surface area (Å²) in [7, 11) is 0. The molecule has 2 aromatic rings. The van der Waals surface area contributed by atoms with Crippen molar-refractivity contribution in [2.45, 2.75) is 59.0 Å². The first-order valence-electron chi connectivity index (χ1n) is 11.0. The van der Waals surface area contributed by atoms with Gasteiger partial charge < -0.3 is 15.0 Å². The summed E-state index contributed by atoms with van der Waals surface area (Å²) in [5.74, 6) is 0.505. The highest BCUT2D eigenvalue weighted by atomic mass is 35.5. The van der Waals surface area contributed by atoms with Crippen LogP contribution in [0.2, 0.25) is 10.0 Å². The van der Waals surface area contributed by atoms with Gasteiger partial charge in [0, 0.05) is 23.1 Å². The number of hydrogen-bond acceptors (Lipinski definition) is 3. The van der Waals surface area contributed by atoms with Gasteiger partial charge in [0.1, 0.15) is 11.8 Å². The second-order valence-electron chi connectivity index (χ2n) is 8.09. The van der Waals surface area contributed by atoms with E-state index in [-0.39, 0.29) is 25.0 Å². The van der Waals surface area contributed by atoms with Crippen LogP contribution in [0.15, 0.2) is 42.5 Å². The number of amides is 2. The van der Waals surface area contributed by atoms with Crippen LogP contribution in [0.1, 0.15) is 57.6 Å². The number of nitrogens with zero attached hydrogens (tertiary/aromatic N) is 1. The molecule has 0 aliphatic heterocycles. The van der Waals surface area contributed by atoms with Crippen molar-refractivity contribution in [2.75, 3.05) is 13.2 Å². The quantitative estimate of drug-likeness (QED) is 0.413. The van der Waals surface area contributed by atoms with Crippen LogP contribution in [0.25, 0.3) is 0 Å². The maximum atomic E-state index is 13.1. The van der Waals surface area contributed by atoms with Gasteiger partial charge in [0.25, 0.3) is 5.91 Å². The van der Waals surface area contributed by atoms with Crippen molar-refractivity contribution in [1.82, 2.24) is 10.2 Å². The largest absolute Gasteiger partial charge is 0.484 e. The van der Waals surface area contributed by atoms with Crippen LogP contribution in [-0.2, 0) is 16.1 Å². The molecule has 0 fully saturated rings. The third-order valence-corrected chi connectivity index (χ3v) is 5.85. The van der Waals surface area contributed by atoms with Gasteiger partial charge in [-0.15, -0.1) is 0 Å². The lowest BCUT2D eigenvalue weighted by Gasteiger charge is -2.29. The molecule has 7 heteroatoms. The lowest BCUT2D eigenvalue weighted by Crippen LogP contribution is -2.49. The standard InChI is InChI=1S/C25H32Cl2N2O3/c1-5-6-13-28-25(31)18(4)29(15-20-7-10-21(26)14-23(20)27)24(30)16-32-22-11-8-19(9-12-22)17(2)3/h7-12,14,17-18H,5-6,13,15-16H2,1-4H3,(H,28,31)/t18-/m0/s1. The fraction of sp³-hybridized carbons (Fsp3) is 0.440. The molecule has 174 valence electrons. The van der Waals surface area contributed by atoms with Crippen LogP contribution in [0, 0.1) is 0 Å². The van der Waals surface area contributed by atoms with E-state index in [1.807, 2.05) is 24.3 Å². The molecule has 32 heavy (non-hydrogen) atoms. The molecule has 0 bridgehead atoms. The average molecular weight is 479 g/mol. The molecule has 1 N–H and O–H groups in total. The highest BCUT2D eigenvalue weighted by Gasteiger charge is 2.27. The van der Waals surface area contributed by atoms with Gasteiger partial charge in [-0.25, -0.2) is 0 Å². The van der Waals surface area contributed by atoms with Crippen LogP contribution >= 0.6 is 23.2 Å². The zero-order chi connectivity index (χ0) is 23.7. The molecule has 0 aliphatic rings. The van der Waals surface area contributed by atoms with Crippen molar-refractivity contribution in [3.63, 3.8) is 0 Å². The zero-order valence-electron chi connectivity index (χ0n) is 19.2. The van der Waals surface area contributed by atoms with Crippen LogP contribution in [0.5, 0.6) is 5.75 Å². The van der Waals surface area contributed by atoms with Crippen LogP contribution in [0.4, 0.5) is 0 Å². The summed E-state index contributed by atoms with van der Waals surface area (Å²) in [6, 6.07) is 12.1. The first-order chi connectivity index (χ1) is 15.2. The van der Waals surface area contributed by atoms with Crippen LogP contribution in [-0.4, -0.2) is 35.9 Å². The Balaban J connectivity index is 2.14. The Morgan fingerprint density at radius 3 is 2.34 bits per heavy atom. The average Bonchev–Trinajstić information content (AvgIpc) is 2.77. The Kier molecular flexibility index (Phi) is 10.3. The summed E-state index contributed by atoms with van der Waals surface area (Å²) in [4.78, 5) is 27.3. The maximum absolute atomic E-state index is 13.1. The molecule has 0 aromatic heterocycles. The van der Waals surface area contributed by atoms with Gasteiger partial charge in [0.15, 0.2) is 6.61 Å². The minimum absolute atomic E-state index is 0.173. The number of carbonyl (C=O) groups is 2. The molecule has 0 heterocycles. The topological polar surface area (TPSA) is 58.6 Å². The highest BCUT2D eigenvalue weighted by Crippen LogP contribution is 2.24. The van der Waals surface area contributed by atoms with Gasteiger partial charge in [0.05, 0.1) is 0 Å². The number of benzene rings is 2. The van der Waals surface area contributed by atoms with E-state index >= 15 is 0 Å². The predicted octanol–water partition coefficient (Wildman–Crippen LogP) is 5.83. The number of rotatable bonds is 11. The van der Waals surface area contributed by atoms with Crippen molar-refractivity contribution < 1.29 is 14.3 Å². The lowest BCUT2D eigenvalue weighted by atomic mass is 10.0. The minimum Gasteiger partial charge on any atom is -0.484 e. The van der Waals surface area contributed by atoms with Crippen LogP contribution < -0.4 is 10.1 Å². The fourth-order valence-corrected chi connectivity index (χ4v) is 3.60. The molecular weight excluding hydrogens is 447 g/mol. The molecule has 0 unspecified atom stereocenters. The Morgan fingerprint density at radius 2 is 1.75 bits per heavy atom. The normalized spacial score (nSPS) is 11.8. The number of nitrogens with one attached hydrogen (secondary N) is 1. The number of ether oxygens (including phenoxy) is 1. The van der Waals surface area contributed by atoms with Gasteiger partial charge >= 0.3 is 0 Å². The summed E-state index contributed by atoms with van der Waals surface area (Å²) >= 11 is 12.3. The number of halogens is 2. The van der Waals surface area contributed by atoms with E-state index in [1.165, 1.54) is 10.5 Å². The summed E-state index contributed by atoms with van der Waals surface area (Å²) in [5.41, 5.74) is 1.90. The number of unbranched alkanes of at least 4 members (excludes halogenated alkanes) is 1. The van der Waals surface area contributed by atoms with Crippen LogP contribution in [0.3, 0.4) is 0 Å². The van der Waals surface area contributed by atoms with E-state index < -0.39 is 6.04 Å². The minimum atomic E-state index is -0.682. The number of carbonyl (C=O) groups excluding carboxylic acids is 2. The monoisotopic (exact) mass is 478 g/mol. The molecule has 0 saturated heterocycles. The first-order valence-corrected chi connectivity index (χ1v) is 11.7. The molecule has 2 rings (SSSR count). The Hall–Kier alpha value is -2.24. The first kappa shape index (κ1) is 26.0.